The smallest absolute Gasteiger partial charge is 0.242 e. The van der Waals surface area contributed by atoms with Crippen molar-refractivity contribution in [3.8, 4) is 5.75 Å². The van der Waals surface area contributed by atoms with E-state index >= 15 is 0 Å². The maximum absolute atomic E-state index is 13.0. The molecule has 0 aliphatic heterocycles. The Balaban J connectivity index is 1.35. The average Bonchev–Trinajstić information content (AvgIpc) is 2.93. The Hall–Kier alpha value is -3.98. The lowest BCUT2D eigenvalue weighted by Gasteiger charge is -2.18. The van der Waals surface area contributed by atoms with Crippen molar-refractivity contribution in [2.45, 2.75) is 30.9 Å². The number of sulfonamides is 1. The number of aryl methyl sites for hydroxylation is 1. The second kappa shape index (κ2) is 13.2. The summed E-state index contributed by atoms with van der Waals surface area (Å²) in [5.74, 6) is 0.231. The minimum absolute atomic E-state index is 0.131. The number of hydrazone groups is 1. The van der Waals surface area contributed by atoms with Crippen LogP contribution in [0.1, 0.15) is 34.7 Å². The third-order valence-corrected chi connectivity index (χ3v) is 7.71. The third-order valence-electron chi connectivity index (χ3n) is 5.86. The van der Waals surface area contributed by atoms with Gasteiger partial charge in [0.1, 0.15) is 12.4 Å². The van der Waals surface area contributed by atoms with Gasteiger partial charge in [-0.1, -0.05) is 77.8 Å². The van der Waals surface area contributed by atoms with Crippen molar-refractivity contribution in [3.05, 3.63) is 130 Å². The molecule has 4 rings (SSSR count). The number of nitrogens with one attached hydrogen (secondary N) is 2. The standard InChI is InChI=1S/C30H28ClN3O4S/c1-22-11-17-27(18-12-22)39(36,37)34-29(24-7-3-2-4-8-24)19-30(35)33-32-20-23-13-15-26(16-14-23)38-21-25-9-5-6-10-28(25)31/h2-18,20,29,34H,19,21H2,1H3,(H,33,35)/b32-20-/t29-/m0/s1. The van der Waals surface area contributed by atoms with Crippen molar-refractivity contribution in [2.24, 2.45) is 5.10 Å². The van der Waals surface area contributed by atoms with E-state index < -0.39 is 22.0 Å². The van der Waals surface area contributed by atoms with E-state index in [-0.39, 0.29) is 11.3 Å². The lowest BCUT2D eigenvalue weighted by atomic mass is 10.0. The largest absolute Gasteiger partial charge is 0.489 e. The highest BCUT2D eigenvalue weighted by atomic mass is 35.5. The molecular weight excluding hydrogens is 534 g/mol. The van der Waals surface area contributed by atoms with Gasteiger partial charge in [-0.05, 0) is 60.5 Å². The van der Waals surface area contributed by atoms with Gasteiger partial charge in [-0.15, -0.1) is 0 Å². The molecule has 7 nitrogen and oxygen atoms in total. The Morgan fingerprint density at radius 2 is 1.59 bits per heavy atom. The van der Waals surface area contributed by atoms with E-state index in [1.165, 1.54) is 18.3 Å². The molecule has 0 spiro atoms. The molecule has 1 atom stereocenters. The number of hydrogen-bond donors (Lipinski definition) is 2. The molecule has 0 aliphatic carbocycles. The molecule has 2 N–H and O–H groups in total. The summed E-state index contributed by atoms with van der Waals surface area (Å²) in [5.41, 5.74) is 5.74. The first-order chi connectivity index (χ1) is 18.8. The monoisotopic (exact) mass is 561 g/mol. The molecule has 0 bridgehead atoms. The van der Waals surface area contributed by atoms with E-state index in [2.05, 4.69) is 15.2 Å². The number of halogens is 1. The van der Waals surface area contributed by atoms with E-state index in [1.807, 2.05) is 37.3 Å². The molecule has 0 fully saturated rings. The number of ether oxygens (including phenoxy) is 1. The van der Waals surface area contributed by atoms with Crippen LogP contribution in [-0.4, -0.2) is 20.5 Å². The quantitative estimate of drug-likeness (QED) is 0.179. The van der Waals surface area contributed by atoms with Crippen molar-refractivity contribution in [2.75, 3.05) is 0 Å². The summed E-state index contributed by atoms with van der Waals surface area (Å²) in [4.78, 5) is 12.8. The molecule has 4 aromatic carbocycles. The van der Waals surface area contributed by atoms with E-state index in [1.54, 1.807) is 60.7 Å². The Morgan fingerprint density at radius 1 is 0.923 bits per heavy atom. The fourth-order valence-electron chi connectivity index (χ4n) is 3.72. The highest BCUT2D eigenvalue weighted by Crippen LogP contribution is 2.21. The fourth-order valence-corrected chi connectivity index (χ4v) is 5.14. The summed E-state index contributed by atoms with van der Waals surface area (Å²) >= 11 is 6.16. The number of hydrogen-bond acceptors (Lipinski definition) is 5. The molecule has 0 radical (unpaired) electrons. The van der Waals surface area contributed by atoms with Crippen LogP contribution >= 0.6 is 11.6 Å². The average molecular weight is 562 g/mol. The zero-order valence-corrected chi connectivity index (χ0v) is 22.8. The highest BCUT2D eigenvalue weighted by Gasteiger charge is 2.23. The second-order valence-electron chi connectivity index (χ2n) is 8.84. The Morgan fingerprint density at radius 3 is 2.28 bits per heavy atom. The first kappa shape index (κ1) is 28.0. The summed E-state index contributed by atoms with van der Waals surface area (Å²) in [5, 5.41) is 4.68. The van der Waals surface area contributed by atoms with Gasteiger partial charge in [0.15, 0.2) is 0 Å². The number of nitrogens with zero attached hydrogens (tertiary/aromatic N) is 1. The van der Waals surface area contributed by atoms with Gasteiger partial charge in [-0.3, -0.25) is 4.79 Å². The maximum Gasteiger partial charge on any atom is 0.242 e. The van der Waals surface area contributed by atoms with Crippen LogP contribution in [0, 0.1) is 6.92 Å². The van der Waals surface area contributed by atoms with Crippen molar-refractivity contribution in [3.63, 3.8) is 0 Å². The zero-order chi connectivity index (χ0) is 27.7. The van der Waals surface area contributed by atoms with Crippen LogP contribution < -0.4 is 14.9 Å². The maximum atomic E-state index is 13.0. The molecule has 0 unspecified atom stereocenters. The topological polar surface area (TPSA) is 96.9 Å². The van der Waals surface area contributed by atoms with Crippen molar-refractivity contribution in [1.82, 2.24) is 10.1 Å². The molecule has 0 saturated heterocycles. The van der Waals surface area contributed by atoms with Crippen LogP contribution in [0.25, 0.3) is 0 Å². The van der Waals surface area contributed by atoms with E-state index in [4.69, 9.17) is 16.3 Å². The number of carbonyl (C=O) groups excluding carboxylic acids is 1. The normalized spacial score (nSPS) is 12.3. The van der Waals surface area contributed by atoms with Gasteiger partial charge >= 0.3 is 0 Å². The van der Waals surface area contributed by atoms with Gasteiger partial charge in [-0.2, -0.15) is 5.10 Å². The van der Waals surface area contributed by atoms with Crippen molar-refractivity contribution in [1.29, 1.82) is 0 Å². The van der Waals surface area contributed by atoms with Crippen LogP contribution in [-0.2, 0) is 21.4 Å². The van der Waals surface area contributed by atoms with E-state index in [9.17, 15) is 13.2 Å². The number of rotatable bonds is 11. The molecule has 200 valence electrons. The zero-order valence-electron chi connectivity index (χ0n) is 21.3. The minimum atomic E-state index is -3.85. The molecule has 39 heavy (non-hydrogen) atoms. The lowest BCUT2D eigenvalue weighted by molar-refractivity contribution is -0.121. The summed E-state index contributed by atoms with van der Waals surface area (Å²) < 4.78 is 34.4. The predicted octanol–water partition coefficient (Wildman–Crippen LogP) is 5.79. The SMILES string of the molecule is Cc1ccc(S(=O)(=O)N[C@@H](CC(=O)N/N=C\c2ccc(OCc3ccccc3Cl)cc2)c2ccccc2)cc1. The molecular formula is C30H28ClN3O4S. The van der Waals surface area contributed by atoms with Gasteiger partial charge in [0, 0.05) is 17.0 Å². The van der Waals surface area contributed by atoms with Crippen LogP contribution in [0.5, 0.6) is 5.75 Å². The fraction of sp³-hybridized carbons (Fsp3) is 0.133. The van der Waals surface area contributed by atoms with Crippen molar-refractivity contribution >= 4 is 33.7 Å². The van der Waals surface area contributed by atoms with E-state index in [0.717, 1.165) is 16.7 Å². The Labute approximate surface area is 233 Å². The first-order valence-corrected chi connectivity index (χ1v) is 14.1. The third kappa shape index (κ3) is 8.25. The summed E-state index contributed by atoms with van der Waals surface area (Å²) in [7, 11) is -3.85. The van der Waals surface area contributed by atoms with Gasteiger partial charge in [-0.25, -0.2) is 18.6 Å². The van der Waals surface area contributed by atoms with Gasteiger partial charge in [0.05, 0.1) is 17.2 Å². The van der Waals surface area contributed by atoms with Gasteiger partial charge in [0.2, 0.25) is 15.9 Å². The molecule has 0 heterocycles. The van der Waals surface area contributed by atoms with Crippen molar-refractivity contribution < 1.29 is 17.9 Å². The molecule has 0 aliphatic rings. The molecule has 0 aromatic heterocycles. The van der Waals surface area contributed by atoms with Gasteiger partial charge < -0.3 is 4.74 Å². The number of carbonyl (C=O) groups is 1. The molecule has 9 heteroatoms. The summed E-state index contributed by atoms with van der Waals surface area (Å²) in [6.45, 7) is 2.23. The Bertz CT molecular complexity index is 1520. The number of benzene rings is 4. The van der Waals surface area contributed by atoms with Crippen LogP contribution in [0.4, 0.5) is 0 Å². The second-order valence-corrected chi connectivity index (χ2v) is 11.0. The lowest BCUT2D eigenvalue weighted by Crippen LogP contribution is -2.32. The Kier molecular flexibility index (Phi) is 9.49. The van der Waals surface area contributed by atoms with Crippen LogP contribution in [0.15, 0.2) is 113 Å². The molecule has 0 saturated carbocycles. The molecule has 4 aromatic rings. The summed E-state index contributed by atoms with van der Waals surface area (Å²) in [6.07, 6.45) is 1.37. The highest BCUT2D eigenvalue weighted by molar-refractivity contribution is 7.89. The summed E-state index contributed by atoms with van der Waals surface area (Å²) in [6, 6.07) is 29.4. The number of amides is 1. The van der Waals surface area contributed by atoms with Crippen LogP contribution in [0.2, 0.25) is 5.02 Å². The first-order valence-electron chi connectivity index (χ1n) is 12.2. The van der Waals surface area contributed by atoms with Gasteiger partial charge in [0.25, 0.3) is 0 Å². The minimum Gasteiger partial charge on any atom is -0.489 e. The van der Waals surface area contributed by atoms with E-state index in [0.29, 0.717) is 22.9 Å². The van der Waals surface area contributed by atoms with Crippen LogP contribution in [0.3, 0.4) is 0 Å². The molecule has 1 amide bonds. The predicted molar refractivity (Wildman–Crippen MR) is 153 cm³/mol.